The maximum atomic E-state index is 14.2. The van der Waals surface area contributed by atoms with Crippen LogP contribution >= 0.6 is 67.8 Å². The number of hydrogen-bond acceptors (Lipinski definition) is 3. The number of aliphatic hydroxyl groups is 1. The maximum absolute atomic E-state index is 14.2. The van der Waals surface area contributed by atoms with Gasteiger partial charge in [0.25, 0.3) is 0 Å². The van der Waals surface area contributed by atoms with Gasteiger partial charge in [-0.25, -0.2) is 0 Å². The van der Waals surface area contributed by atoms with Crippen LogP contribution in [0.25, 0.3) is 0 Å². The van der Waals surface area contributed by atoms with E-state index in [-0.39, 0.29) is 35.5 Å². The van der Waals surface area contributed by atoms with Crippen molar-refractivity contribution in [3.8, 4) is 0 Å². The van der Waals surface area contributed by atoms with Crippen LogP contribution in [-0.2, 0) is 9.59 Å². The fourth-order valence-corrected chi connectivity index (χ4v) is 13.8. The molecule has 1 N–H and O–H groups in total. The number of rotatable bonds is 0. The summed E-state index contributed by atoms with van der Waals surface area (Å²) in [5.41, 5.74) is 0.611. The summed E-state index contributed by atoms with van der Waals surface area (Å²) in [7, 11) is 0. The maximum Gasteiger partial charge on any atom is 0.212 e. The summed E-state index contributed by atoms with van der Waals surface area (Å²) in [6.45, 7) is 8.91. The fourth-order valence-electron chi connectivity index (χ4n) is 8.83. The van der Waals surface area contributed by atoms with Crippen molar-refractivity contribution in [1.82, 2.24) is 0 Å². The third kappa shape index (κ3) is 2.75. The molecule has 0 aromatic rings. The van der Waals surface area contributed by atoms with E-state index in [4.69, 9.17) is 0 Å². The Morgan fingerprint density at radius 1 is 0.969 bits per heavy atom. The molecule has 0 aromatic heterocycles. The molecule has 5 aliphatic carbocycles. The van der Waals surface area contributed by atoms with Gasteiger partial charge in [-0.05, 0) is 86.7 Å². The molecule has 3 saturated carbocycles. The van der Waals surface area contributed by atoms with E-state index in [9.17, 15) is 14.7 Å². The highest BCUT2D eigenvalue weighted by atomic mass is 127. The zero-order valence-corrected chi connectivity index (χ0v) is 25.8. The first-order valence-electron chi connectivity index (χ1n) is 12.1. The largest absolute Gasteiger partial charge is 0.505 e. The molecule has 0 aromatic carbocycles. The molecule has 3 nitrogen and oxygen atoms in total. The molecule has 32 heavy (non-hydrogen) atoms. The Hall–Kier alpha value is 0.810. The van der Waals surface area contributed by atoms with Crippen LogP contribution < -0.4 is 0 Å². The Morgan fingerprint density at radius 3 is 2.34 bits per heavy atom. The number of Topliss-reactive ketones (excluding diaryl/α,β-unsaturated/α-hetero) is 1. The predicted molar refractivity (Wildman–Crippen MR) is 153 cm³/mol. The van der Waals surface area contributed by atoms with Gasteiger partial charge in [0.1, 0.15) is 3.42 Å². The summed E-state index contributed by atoms with van der Waals surface area (Å²) in [6.07, 6.45) is 11.8. The third-order valence-electron chi connectivity index (χ3n) is 10.4. The highest BCUT2D eigenvalue weighted by Gasteiger charge is 2.72. The predicted octanol–water partition coefficient (Wildman–Crippen LogP) is 7.33. The number of alkyl halides is 3. The van der Waals surface area contributed by atoms with E-state index in [0.29, 0.717) is 17.8 Å². The lowest BCUT2D eigenvalue weighted by atomic mass is 9.41. The Morgan fingerprint density at radius 2 is 1.66 bits per heavy atom. The van der Waals surface area contributed by atoms with Crippen molar-refractivity contribution in [2.75, 3.05) is 0 Å². The lowest BCUT2D eigenvalue weighted by Crippen LogP contribution is -2.71. The number of ketones is 2. The third-order valence-corrected chi connectivity index (χ3v) is 17.6. The summed E-state index contributed by atoms with van der Waals surface area (Å²) < 4.78 is -1.06. The highest BCUT2D eigenvalue weighted by molar-refractivity contribution is 14.1. The summed E-state index contributed by atoms with van der Waals surface area (Å²) >= 11 is 7.58. The van der Waals surface area contributed by atoms with Crippen LogP contribution in [0.1, 0.15) is 72.6 Å². The molecule has 3 fully saturated rings. The van der Waals surface area contributed by atoms with Crippen molar-refractivity contribution >= 4 is 79.3 Å². The molecular weight excluding hydrogens is 741 g/mol. The van der Waals surface area contributed by atoms with Gasteiger partial charge in [0.15, 0.2) is 11.5 Å². The Labute approximate surface area is 232 Å². The molecule has 176 valence electrons. The molecule has 0 bridgehead atoms. The average molecular weight is 774 g/mol. The van der Waals surface area contributed by atoms with Crippen LogP contribution in [0.4, 0.5) is 0 Å². The van der Waals surface area contributed by atoms with Crippen LogP contribution in [-0.4, -0.2) is 26.9 Å². The SMILES string of the molecule is CC1CCCC2CCC3C4(C)CCC5C(C)(I)C(=O)C(O)=CC5(C)C4=CC(=O)C3(I)C12I. The topological polar surface area (TPSA) is 54.4 Å². The Kier molecular flexibility index (Phi) is 5.68. The number of fused-ring (bicyclic) bond motifs is 7. The van der Waals surface area contributed by atoms with Crippen molar-refractivity contribution in [2.45, 2.75) is 82.9 Å². The number of carbonyl (C=O) groups excluding carboxylic acids is 2. The second kappa shape index (κ2) is 7.42. The molecule has 0 saturated heterocycles. The zero-order valence-electron chi connectivity index (χ0n) is 19.3. The molecule has 0 heterocycles. The molecule has 5 aliphatic rings. The van der Waals surface area contributed by atoms with Crippen molar-refractivity contribution in [3.05, 3.63) is 23.5 Å². The van der Waals surface area contributed by atoms with E-state index < -0.39 is 8.84 Å². The molecule has 9 atom stereocenters. The van der Waals surface area contributed by atoms with Crippen molar-refractivity contribution in [2.24, 2.45) is 34.5 Å². The number of halogens is 3. The van der Waals surface area contributed by atoms with Gasteiger partial charge in [-0.2, -0.15) is 0 Å². The van der Waals surface area contributed by atoms with Gasteiger partial charge in [0.2, 0.25) is 5.78 Å². The van der Waals surface area contributed by atoms with Crippen LogP contribution in [0, 0.1) is 34.5 Å². The van der Waals surface area contributed by atoms with Gasteiger partial charge in [0, 0.05) is 8.84 Å². The van der Waals surface area contributed by atoms with E-state index in [0.717, 1.165) is 19.3 Å². The zero-order chi connectivity index (χ0) is 23.5. The van der Waals surface area contributed by atoms with Crippen LogP contribution in [0.3, 0.4) is 0 Å². The minimum Gasteiger partial charge on any atom is -0.505 e. The second-order valence-corrected chi connectivity index (χ2v) is 17.5. The van der Waals surface area contributed by atoms with Crippen molar-refractivity contribution < 1.29 is 14.7 Å². The quantitative estimate of drug-likeness (QED) is 0.207. The van der Waals surface area contributed by atoms with Gasteiger partial charge < -0.3 is 5.11 Å². The van der Waals surface area contributed by atoms with Gasteiger partial charge in [-0.1, -0.05) is 101 Å². The number of hydrogen-bond donors (Lipinski definition) is 1. The Bertz CT molecular complexity index is 969. The standard InChI is InChI=1S/C26H33I3O3/c1-14-6-5-7-15-8-9-18-22(2)11-10-17-23(3,13-16(30)21(32)24(17,4)27)19(22)12-20(31)26(18,29)25(14,15)28/h12-15,17-18,30H,5-11H2,1-4H3. The minimum atomic E-state index is -0.657. The van der Waals surface area contributed by atoms with Crippen LogP contribution in [0.15, 0.2) is 23.5 Å². The fraction of sp³-hybridized carbons (Fsp3) is 0.769. The number of carbonyl (C=O) groups is 2. The van der Waals surface area contributed by atoms with E-state index in [1.165, 1.54) is 31.3 Å². The normalized spacial score (nSPS) is 55.1. The van der Waals surface area contributed by atoms with E-state index in [1.54, 1.807) is 6.08 Å². The van der Waals surface area contributed by atoms with Crippen molar-refractivity contribution in [1.29, 1.82) is 0 Å². The molecule has 0 aliphatic heterocycles. The first-order chi connectivity index (χ1) is 14.8. The first kappa shape index (κ1) is 24.5. The minimum absolute atomic E-state index is 0.00928. The van der Waals surface area contributed by atoms with E-state index >= 15 is 0 Å². The number of aliphatic hydroxyl groups excluding tert-OH is 1. The summed E-state index contributed by atoms with van der Waals surface area (Å²) in [5.74, 6) is 1.52. The lowest BCUT2D eigenvalue weighted by Gasteiger charge is -2.67. The van der Waals surface area contributed by atoms with Gasteiger partial charge in [-0.3, -0.25) is 9.59 Å². The smallest absolute Gasteiger partial charge is 0.212 e. The van der Waals surface area contributed by atoms with E-state index in [1.807, 2.05) is 13.0 Å². The molecule has 0 amide bonds. The Balaban J connectivity index is 1.71. The average Bonchev–Trinajstić information content (AvgIpc) is 2.70. The summed E-state index contributed by atoms with van der Waals surface area (Å²) in [5, 5.41) is 10.7. The van der Waals surface area contributed by atoms with E-state index in [2.05, 4.69) is 88.5 Å². The van der Waals surface area contributed by atoms with Crippen LogP contribution in [0.2, 0.25) is 0 Å². The summed E-state index contributed by atoms with van der Waals surface area (Å²) in [6, 6.07) is 0. The summed E-state index contributed by atoms with van der Waals surface area (Å²) in [4.78, 5) is 27.1. The van der Waals surface area contributed by atoms with Gasteiger partial charge in [-0.15, -0.1) is 0 Å². The molecule has 6 heteroatoms. The monoisotopic (exact) mass is 774 g/mol. The van der Waals surface area contributed by atoms with Gasteiger partial charge >= 0.3 is 0 Å². The lowest BCUT2D eigenvalue weighted by molar-refractivity contribution is -0.127. The van der Waals surface area contributed by atoms with Crippen molar-refractivity contribution in [3.63, 3.8) is 0 Å². The molecule has 5 rings (SSSR count). The molecule has 9 unspecified atom stereocenters. The number of allylic oxidation sites excluding steroid dienone is 4. The highest BCUT2D eigenvalue weighted by Crippen LogP contribution is 2.73. The molecule has 0 spiro atoms. The first-order valence-corrected chi connectivity index (χ1v) is 15.3. The van der Waals surface area contributed by atoms with Gasteiger partial charge in [0.05, 0.1) is 3.42 Å². The van der Waals surface area contributed by atoms with Crippen LogP contribution in [0.5, 0.6) is 0 Å². The second-order valence-electron chi connectivity index (χ2n) is 11.8. The molecule has 0 radical (unpaired) electrons. The molecular formula is C26H33I3O3.